The largest absolute Gasteiger partial charge is 0.315 e. The molecule has 1 heterocycles. The van der Waals surface area contributed by atoms with E-state index >= 15 is 0 Å². The van der Waals surface area contributed by atoms with Crippen LogP contribution >= 0.6 is 11.6 Å². The van der Waals surface area contributed by atoms with E-state index in [4.69, 9.17) is 11.6 Å². The summed E-state index contributed by atoms with van der Waals surface area (Å²) >= 11 is 6.10. The third kappa shape index (κ3) is 2.43. The minimum atomic E-state index is -0.342. The molecule has 0 aromatic heterocycles. The number of nitrogens with one attached hydrogen (secondary N) is 1. The van der Waals surface area contributed by atoms with Gasteiger partial charge in [0.2, 0.25) is 0 Å². The van der Waals surface area contributed by atoms with Gasteiger partial charge in [-0.25, -0.2) is 8.78 Å². The summed E-state index contributed by atoms with van der Waals surface area (Å²) < 4.78 is 26.5. The van der Waals surface area contributed by atoms with Crippen LogP contribution in [0.5, 0.6) is 0 Å². The molecule has 1 N–H and O–H groups in total. The Morgan fingerprint density at radius 3 is 2.40 bits per heavy atom. The number of halogens is 3. The Kier molecular flexibility index (Phi) is 3.48. The van der Waals surface area contributed by atoms with Crippen LogP contribution in [0.25, 0.3) is 0 Å². The van der Waals surface area contributed by atoms with Crippen LogP contribution in [0.2, 0.25) is 5.02 Å². The summed E-state index contributed by atoms with van der Waals surface area (Å²) in [6.45, 7) is 1.54. The van der Waals surface area contributed by atoms with Crippen molar-refractivity contribution in [1.29, 1.82) is 0 Å². The van der Waals surface area contributed by atoms with Gasteiger partial charge in [0.05, 0.1) is 0 Å². The normalized spacial score (nSPS) is 16.8. The molecule has 0 amide bonds. The first-order valence-electron chi connectivity index (χ1n) is 6.50. The second kappa shape index (κ2) is 5.15. The predicted octanol–water partition coefficient (Wildman–Crippen LogP) is 3.70. The standard InChI is InChI=1S/C16H14ClF2N/c17-15-7-14(19)5-4-11(15)8-16(9-20-10-16)12-2-1-3-13(18)6-12/h1-7,20H,8-10H2. The molecule has 104 valence electrons. The molecule has 1 fully saturated rings. The quantitative estimate of drug-likeness (QED) is 0.910. The Balaban J connectivity index is 1.94. The lowest BCUT2D eigenvalue weighted by Crippen LogP contribution is -2.58. The van der Waals surface area contributed by atoms with E-state index < -0.39 is 0 Å². The molecule has 2 aromatic carbocycles. The molecule has 1 saturated heterocycles. The van der Waals surface area contributed by atoms with E-state index in [2.05, 4.69) is 5.32 Å². The van der Waals surface area contributed by atoms with Crippen LogP contribution in [0.1, 0.15) is 11.1 Å². The van der Waals surface area contributed by atoms with Gasteiger partial charge in [-0.15, -0.1) is 0 Å². The Labute approximate surface area is 121 Å². The monoisotopic (exact) mass is 293 g/mol. The molecular weight excluding hydrogens is 280 g/mol. The maximum Gasteiger partial charge on any atom is 0.124 e. The second-order valence-electron chi connectivity index (χ2n) is 5.31. The Morgan fingerprint density at radius 1 is 1.05 bits per heavy atom. The molecule has 0 atom stereocenters. The minimum absolute atomic E-state index is 0.163. The smallest absolute Gasteiger partial charge is 0.124 e. The van der Waals surface area contributed by atoms with Crippen molar-refractivity contribution in [3.63, 3.8) is 0 Å². The molecule has 1 aliphatic heterocycles. The highest BCUT2D eigenvalue weighted by Crippen LogP contribution is 2.35. The van der Waals surface area contributed by atoms with Crippen molar-refractivity contribution in [1.82, 2.24) is 5.32 Å². The summed E-state index contributed by atoms with van der Waals surface area (Å²) in [5, 5.41) is 3.66. The fourth-order valence-corrected chi connectivity index (χ4v) is 2.94. The molecule has 1 aliphatic rings. The van der Waals surface area contributed by atoms with Crippen molar-refractivity contribution in [2.24, 2.45) is 0 Å². The molecule has 0 aliphatic carbocycles. The van der Waals surface area contributed by atoms with Crippen LogP contribution < -0.4 is 5.32 Å². The molecule has 2 aromatic rings. The lowest BCUT2D eigenvalue weighted by atomic mass is 9.71. The van der Waals surface area contributed by atoms with Crippen molar-refractivity contribution in [3.05, 3.63) is 70.2 Å². The van der Waals surface area contributed by atoms with Gasteiger partial charge in [0.1, 0.15) is 11.6 Å². The fraction of sp³-hybridized carbons (Fsp3) is 0.250. The Bertz CT molecular complexity index is 638. The van der Waals surface area contributed by atoms with Gasteiger partial charge in [0, 0.05) is 23.5 Å². The molecule has 1 nitrogen and oxygen atoms in total. The van der Waals surface area contributed by atoms with Crippen LogP contribution in [0.3, 0.4) is 0 Å². The third-order valence-electron chi connectivity index (χ3n) is 3.91. The van der Waals surface area contributed by atoms with Crippen molar-refractivity contribution in [2.75, 3.05) is 13.1 Å². The van der Waals surface area contributed by atoms with E-state index in [0.717, 1.165) is 24.2 Å². The van der Waals surface area contributed by atoms with Crippen LogP contribution in [-0.4, -0.2) is 13.1 Å². The van der Waals surface area contributed by atoms with Gasteiger partial charge in [-0.05, 0) is 41.8 Å². The van der Waals surface area contributed by atoms with Crippen molar-refractivity contribution in [2.45, 2.75) is 11.8 Å². The first-order valence-corrected chi connectivity index (χ1v) is 6.88. The molecule has 0 unspecified atom stereocenters. The topological polar surface area (TPSA) is 12.0 Å². The van der Waals surface area contributed by atoms with Gasteiger partial charge in [0.25, 0.3) is 0 Å². The first kappa shape index (κ1) is 13.5. The number of rotatable bonds is 3. The zero-order valence-electron chi connectivity index (χ0n) is 10.8. The predicted molar refractivity (Wildman–Crippen MR) is 76.1 cm³/mol. The molecule has 3 rings (SSSR count). The highest BCUT2D eigenvalue weighted by atomic mass is 35.5. The second-order valence-corrected chi connectivity index (χ2v) is 5.71. The number of hydrogen-bond acceptors (Lipinski definition) is 1. The zero-order chi connectivity index (χ0) is 14.2. The summed E-state index contributed by atoms with van der Waals surface area (Å²) in [6, 6.07) is 11.1. The Hall–Kier alpha value is -1.45. The van der Waals surface area contributed by atoms with Gasteiger partial charge in [-0.3, -0.25) is 0 Å². The number of hydrogen-bond donors (Lipinski definition) is 1. The summed E-state index contributed by atoms with van der Waals surface area (Å²) in [6.07, 6.45) is 0.669. The molecule has 20 heavy (non-hydrogen) atoms. The van der Waals surface area contributed by atoms with E-state index in [-0.39, 0.29) is 17.0 Å². The SMILES string of the molecule is Fc1cccc(C2(Cc3ccc(F)cc3Cl)CNC2)c1. The summed E-state index contributed by atoms with van der Waals surface area (Å²) in [5.74, 6) is -0.579. The zero-order valence-corrected chi connectivity index (χ0v) is 11.6. The average Bonchev–Trinajstić information content (AvgIpc) is 2.36. The van der Waals surface area contributed by atoms with Crippen LogP contribution in [0.4, 0.5) is 8.78 Å². The van der Waals surface area contributed by atoms with Crippen LogP contribution in [-0.2, 0) is 11.8 Å². The van der Waals surface area contributed by atoms with Crippen LogP contribution in [0, 0.1) is 11.6 Å². The molecule has 0 bridgehead atoms. The lowest BCUT2D eigenvalue weighted by molar-refractivity contribution is 0.274. The van der Waals surface area contributed by atoms with E-state index in [1.54, 1.807) is 18.2 Å². The van der Waals surface area contributed by atoms with Gasteiger partial charge in [-0.1, -0.05) is 29.8 Å². The maximum atomic E-state index is 13.4. The van der Waals surface area contributed by atoms with Crippen molar-refractivity contribution < 1.29 is 8.78 Å². The average molecular weight is 294 g/mol. The molecule has 0 saturated carbocycles. The lowest BCUT2D eigenvalue weighted by Gasteiger charge is -2.43. The van der Waals surface area contributed by atoms with E-state index in [1.165, 1.54) is 18.2 Å². The summed E-state index contributed by atoms with van der Waals surface area (Å²) in [4.78, 5) is 0. The summed E-state index contributed by atoms with van der Waals surface area (Å²) in [7, 11) is 0. The van der Waals surface area contributed by atoms with Gasteiger partial charge in [0.15, 0.2) is 0 Å². The molecular formula is C16H14ClF2N. The molecule has 0 spiro atoms. The molecule has 0 radical (unpaired) electrons. The van der Waals surface area contributed by atoms with E-state index in [0.29, 0.717) is 11.4 Å². The van der Waals surface area contributed by atoms with Gasteiger partial charge < -0.3 is 5.32 Å². The van der Waals surface area contributed by atoms with E-state index in [9.17, 15) is 8.78 Å². The Morgan fingerprint density at radius 2 is 1.80 bits per heavy atom. The van der Waals surface area contributed by atoms with Crippen molar-refractivity contribution >= 4 is 11.6 Å². The highest BCUT2D eigenvalue weighted by Gasteiger charge is 2.39. The third-order valence-corrected chi connectivity index (χ3v) is 4.26. The van der Waals surface area contributed by atoms with Crippen molar-refractivity contribution in [3.8, 4) is 0 Å². The maximum absolute atomic E-state index is 13.4. The fourth-order valence-electron chi connectivity index (χ4n) is 2.71. The van der Waals surface area contributed by atoms with Crippen LogP contribution in [0.15, 0.2) is 42.5 Å². The summed E-state index contributed by atoms with van der Waals surface area (Å²) in [5.41, 5.74) is 1.68. The first-order chi connectivity index (χ1) is 9.59. The van der Waals surface area contributed by atoms with E-state index in [1.807, 2.05) is 6.07 Å². The van der Waals surface area contributed by atoms with Gasteiger partial charge in [-0.2, -0.15) is 0 Å². The van der Waals surface area contributed by atoms with Gasteiger partial charge >= 0.3 is 0 Å². The molecule has 4 heteroatoms. The minimum Gasteiger partial charge on any atom is -0.315 e. The number of benzene rings is 2. The highest BCUT2D eigenvalue weighted by molar-refractivity contribution is 6.31.